The van der Waals surface area contributed by atoms with E-state index < -0.39 is 0 Å². The molecule has 0 fully saturated rings. The molecule has 0 saturated carbocycles. The van der Waals surface area contributed by atoms with Crippen LogP contribution >= 0.6 is 0 Å². The van der Waals surface area contributed by atoms with E-state index in [-0.39, 0.29) is 0 Å². The Labute approximate surface area is 107 Å². The highest BCUT2D eigenvalue weighted by Crippen LogP contribution is 2.13. The fourth-order valence-electron chi connectivity index (χ4n) is 1.69. The van der Waals surface area contributed by atoms with Crippen molar-refractivity contribution in [3.63, 3.8) is 0 Å². The number of rotatable bonds is 5. The van der Waals surface area contributed by atoms with Gasteiger partial charge in [-0.05, 0) is 30.2 Å². The van der Waals surface area contributed by atoms with Gasteiger partial charge in [-0.3, -0.25) is 4.98 Å². The minimum absolute atomic E-state index is 0.303. The van der Waals surface area contributed by atoms with Crippen LogP contribution in [-0.4, -0.2) is 23.7 Å². The Balaban J connectivity index is 1.86. The van der Waals surface area contributed by atoms with Gasteiger partial charge >= 0.3 is 0 Å². The molecule has 94 valence electrons. The van der Waals surface area contributed by atoms with Crippen LogP contribution in [0.3, 0.4) is 0 Å². The van der Waals surface area contributed by atoms with Gasteiger partial charge in [0, 0.05) is 13.6 Å². The Bertz CT molecular complexity index is 497. The summed E-state index contributed by atoms with van der Waals surface area (Å²) in [6.45, 7) is 0.833. The molecule has 0 aliphatic heterocycles. The molecule has 0 amide bonds. The van der Waals surface area contributed by atoms with Crippen molar-refractivity contribution < 1.29 is 5.11 Å². The van der Waals surface area contributed by atoms with Crippen molar-refractivity contribution in [1.82, 2.24) is 4.98 Å². The predicted molar refractivity (Wildman–Crippen MR) is 74.1 cm³/mol. The van der Waals surface area contributed by atoms with Crippen LogP contribution in [0.15, 0.2) is 42.7 Å². The zero-order chi connectivity index (χ0) is 12.8. The van der Waals surface area contributed by atoms with Gasteiger partial charge in [0.05, 0.1) is 23.8 Å². The van der Waals surface area contributed by atoms with E-state index >= 15 is 0 Å². The van der Waals surface area contributed by atoms with Crippen molar-refractivity contribution in [1.29, 1.82) is 0 Å². The van der Waals surface area contributed by atoms with E-state index in [0.29, 0.717) is 5.75 Å². The number of aromatic nitrogens is 1. The fourth-order valence-corrected chi connectivity index (χ4v) is 1.69. The number of nitrogens with zero attached hydrogens (tertiary/aromatic N) is 1. The highest BCUT2D eigenvalue weighted by atomic mass is 16.3. The highest BCUT2D eigenvalue weighted by Gasteiger charge is 1.96. The molecule has 0 radical (unpaired) electrons. The summed E-state index contributed by atoms with van der Waals surface area (Å²) in [6.07, 6.45) is 4.49. The molecule has 1 aromatic carbocycles. The molecule has 0 spiro atoms. The first-order valence-electron chi connectivity index (χ1n) is 5.92. The molecule has 4 nitrogen and oxygen atoms in total. The number of hydrogen-bond donors (Lipinski definition) is 3. The van der Waals surface area contributed by atoms with E-state index in [4.69, 9.17) is 0 Å². The lowest BCUT2D eigenvalue weighted by molar-refractivity contribution is 0.475. The summed E-state index contributed by atoms with van der Waals surface area (Å²) in [6, 6.07) is 9.29. The van der Waals surface area contributed by atoms with Crippen molar-refractivity contribution in [3.05, 3.63) is 48.3 Å². The lowest BCUT2D eigenvalue weighted by Crippen LogP contribution is -2.05. The maximum atomic E-state index is 9.19. The third-order valence-electron chi connectivity index (χ3n) is 2.71. The second-order valence-electron chi connectivity index (χ2n) is 4.06. The minimum Gasteiger partial charge on any atom is -0.508 e. The molecule has 2 aromatic rings. The second kappa shape index (κ2) is 5.91. The summed E-state index contributed by atoms with van der Waals surface area (Å²) in [5, 5.41) is 15.6. The second-order valence-corrected chi connectivity index (χ2v) is 4.06. The van der Waals surface area contributed by atoms with Gasteiger partial charge in [0.15, 0.2) is 0 Å². The third-order valence-corrected chi connectivity index (χ3v) is 2.71. The number of anilines is 2. The molecular weight excluding hydrogens is 226 g/mol. The molecule has 3 N–H and O–H groups in total. The Kier molecular flexibility index (Phi) is 4.02. The van der Waals surface area contributed by atoms with Gasteiger partial charge in [0.25, 0.3) is 0 Å². The fraction of sp³-hybridized carbons (Fsp3) is 0.214. The lowest BCUT2D eigenvalue weighted by Gasteiger charge is -2.07. The monoisotopic (exact) mass is 243 g/mol. The van der Waals surface area contributed by atoms with Crippen molar-refractivity contribution in [2.45, 2.75) is 6.42 Å². The van der Waals surface area contributed by atoms with E-state index in [9.17, 15) is 5.11 Å². The molecular formula is C14H17N3O. The molecule has 1 heterocycles. The van der Waals surface area contributed by atoms with Crippen LogP contribution < -0.4 is 10.6 Å². The molecule has 4 heteroatoms. The number of benzene rings is 1. The Morgan fingerprint density at radius 2 is 1.83 bits per heavy atom. The van der Waals surface area contributed by atoms with E-state index in [1.54, 1.807) is 24.5 Å². The van der Waals surface area contributed by atoms with Crippen molar-refractivity contribution in [2.75, 3.05) is 24.2 Å². The molecule has 0 aliphatic carbocycles. The molecule has 18 heavy (non-hydrogen) atoms. The standard InChI is InChI=1S/C14H17N3O/c1-15-12-8-13(10-16-9-12)17-7-6-11-2-4-14(18)5-3-11/h2-5,8-10,15,17-18H,6-7H2,1H3. The predicted octanol–water partition coefficient (Wildman–Crippen LogP) is 2.48. The summed E-state index contributed by atoms with van der Waals surface area (Å²) in [4.78, 5) is 4.13. The largest absolute Gasteiger partial charge is 0.508 e. The van der Waals surface area contributed by atoms with Crippen molar-refractivity contribution >= 4 is 11.4 Å². The van der Waals surface area contributed by atoms with Crippen LogP contribution in [0.25, 0.3) is 0 Å². The maximum Gasteiger partial charge on any atom is 0.115 e. The molecule has 1 aromatic heterocycles. The van der Waals surface area contributed by atoms with Gasteiger partial charge in [-0.1, -0.05) is 12.1 Å². The summed E-state index contributed by atoms with van der Waals surface area (Å²) >= 11 is 0. The quantitative estimate of drug-likeness (QED) is 0.755. The molecule has 0 saturated heterocycles. The van der Waals surface area contributed by atoms with E-state index in [1.807, 2.05) is 25.2 Å². The van der Waals surface area contributed by atoms with Crippen LogP contribution in [-0.2, 0) is 6.42 Å². The zero-order valence-electron chi connectivity index (χ0n) is 10.4. The van der Waals surface area contributed by atoms with Crippen LogP contribution in [0.4, 0.5) is 11.4 Å². The van der Waals surface area contributed by atoms with Gasteiger partial charge in [-0.15, -0.1) is 0 Å². The summed E-state index contributed by atoms with van der Waals surface area (Å²) < 4.78 is 0. The normalized spacial score (nSPS) is 10.1. The van der Waals surface area contributed by atoms with Gasteiger partial charge in [-0.25, -0.2) is 0 Å². The SMILES string of the molecule is CNc1cncc(NCCc2ccc(O)cc2)c1. The first-order valence-corrected chi connectivity index (χ1v) is 5.92. The van der Waals surface area contributed by atoms with Gasteiger partial charge in [0.2, 0.25) is 0 Å². The number of pyridine rings is 1. The average molecular weight is 243 g/mol. The van der Waals surface area contributed by atoms with Gasteiger partial charge in [0.1, 0.15) is 5.75 Å². The first-order chi connectivity index (χ1) is 8.78. The molecule has 0 aliphatic rings. The van der Waals surface area contributed by atoms with Crippen molar-refractivity contribution in [2.24, 2.45) is 0 Å². The summed E-state index contributed by atoms with van der Waals surface area (Å²) in [5.41, 5.74) is 3.18. The van der Waals surface area contributed by atoms with Crippen LogP contribution in [0.2, 0.25) is 0 Å². The summed E-state index contributed by atoms with van der Waals surface area (Å²) in [7, 11) is 1.87. The van der Waals surface area contributed by atoms with E-state index in [2.05, 4.69) is 15.6 Å². The number of aromatic hydroxyl groups is 1. The summed E-state index contributed by atoms with van der Waals surface area (Å²) in [5.74, 6) is 0.303. The molecule has 2 rings (SSSR count). The number of hydrogen-bond acceptors (Lipinski definition) is 4. The average Bonchev–Trinajstić information content (AvgIpc) is 2.41. The van der Waals surface area contributed by atoms with Gasteiger partial charge < -0.3 is 15.7 Å². The van der Waals surface area contributed by atoms with Gasteiger partial charge in [-0.2, -0.15) is 0 Å². The number of phenolic OH excluding ortho intramolecular Hbond substituents is 1. The Morgan fingerprint density at radius 3 is 2.56 bits per heavy atom. The number of phenols is 1. The van der Waals surface area contributed by atoms with Crippen LogP contribution in [0, 0.1) is 0 Å². The van der Waals surface area contributed by atoms with Crippen molar-refractivity contribution in [3.8, 4) is 5.75 Å². The van der Waals surface area contributed by atoms with Crippen LogP contribution in [0.1, 0.15) is 5.56 Å². The third kappa shape index (κ3) is 3.38. The lowest BCUT2D eigenvalue weighted by atomic mass is 10.1. The number of nitrogens with one attached hydrogen (secondary N) is 2. The molecule has 0 bridgehead atoms. The molecule has 0 unspecified atom stereocenters. The van der Waals surface area contributed by atoms with Crippen LogP contribution in [0.5, 0.6) is 5.75 Å². The van der Waals surface area contributed by atoms with E-state index in [1.165, 1.54) is 5.56 Å². The zero-order valence-corrected chi connectivity index (χ0v) is 10.4. The Hall–Kier alpha value is -2.23. The minimum atomic E-state index is 0.303. The highest BCUT2D eigenvalue weighted by molar-refractivity contribution is 5.53. The topological polar surface area (TPSA) is 57.2 Å². The molecule has 0 atom stereocenters. The smallest absolute Gasteiger partial charge is 0.115 e. The maximum absolute atomic E-state index is 9.19. The first kappa shape index (κ1) is 12.2. The van der Waals surface area contributed by atoms with E-state index in [0.717, 1.165) is 24.3 Å². The Morgan fingerprint density at radius 1 is 1.11 bits per heavy atom.